The Hall–Kier alpha value is 0. The van der Waals surface area contributed by atoms with Gasteiger partial charge in [0, 0.05) is 0 Å². The van der Waals surface area contributed by atoms with Crippen LogP contribution in [0.25, 0.3) is 0 Å². The normalized spacial score (nSPS) is 26.8. The Morgan fingerprint density at radius 1 is 0.929 bits per heavy atom. The molecule has 0 nitrogen and oxygen atoms in total. The van der Waals surface area contributed by atoms with Gasteiger partial charge in [-0.25, -0.2) is 0 Å². The predicted molar refractivity (Wildman–Crippen MR) is 64.3 cm³/mol. The largest absolute Gasteiger partial charge is 0.0625 e. The molecule has 1 aliphatic rings. The molecule has 0 aliphatic heterocycles. The van der Waals surface area contributed by atoms with E-state index in [0.29, 0.717) is 5.41 Å². The van der Waals surface area contributed by atoms with Gasteiger partial charge >= 0.3 is 0 Å². The van der Waals surface area contributed by atoms with Gasteiger partial charge in [0.15, 0.2) is 0 Å². The van der Waals surface area contributed by atoms with Crippen LogP contribution in [0.4, 0.5) is 0 Å². The summed E-state index contributed by atoms with van der Waals surface area (Å²) in [7, 11) is 0. The van der Waals surface area contributed by atoms with Crippen molar-refractivity contribution in [3.05, 3.63) is 0 Å². The second kappa shape index (κ2) is 4.24. The Bertz CT molecular complexity index is 168. The topological polar surface area (TPSA) is 0 Å². The highest BCUT2D eigenvalue weighted by Gasteiger charge is 2.47. The average molecular weight is 196 g/mol. The van der Waals surface area contributed by atoms with Crippen molar-refractivity contribution in [2.75, 3.05) is 0 Å². The van der Waals surface area contributed by atoms with Crippen LogP contribution in [0, 0.1) is 29.1 Å². The van der Waals surface area contributed by atoms with Crippen molar-refractivity contribution in [1.29, 1.82) is 0 Å². The molecule has 0 aromatic rings. The molecule has 0 radical (unpaired) electrons. The third kappa shape index (κ3) is 1.73. The quantitative estimate of drug-likeness (QED) is 0.611. The summed E-state index contributed by atoms with van der Waals surface area (Å²) >= 11 is 0. The monoisotopic (exact) mass is 196 g/mol. The highest BCUT2D eigenvalue weighted by atomic mass is 14.5. The van der Waals surface area contributed by atoms with Gasteiger partial charge in [-0.1, -0.05) is 48.0 Å². The van der Waals surface area contributed by atoms with E-state index in [1.165, 1.54) is 19.3 Å². The molecule has 0 aromatic carbocycles. The lowest BCUT2D eigenvalue weighted by Crippen LogP contribution is -2.39. The van der Waals surface area contributed by atoms with E-state index >= 15 is 0 Å². The summed E-state index contributed by atoms with van der Waals surface area (Å²) in [5, 5.41) is 0. The second-order valence-corrected chi connectivity index (χ2v) is 6.16. The minimum atomic E-state index is 0.633. The zero-order valence-corrected chi connectivity index (χ0v) is 10.9. The Morgan fingerprint density at radius 3 is 1.71 bits per heavy atom. The van der Waals surface area contributed by atoms with Crippen LogP contribution in [0.5, 0.6) is 0 Å². The summed E-state index contributed by atoms with van der Waals surface area (Å²) in [6.45, 7) is 14.5. The van der Waals surface area contributed by atoms with E-state index in [1.807, 2.05) is 0 Å². The fraction of sp³-hybridized carbons (Fsp3) is 1.00. The van der Waals surface area contributed by atoms with E-state index in [2.05, 4.69) is 41.5 Å². The Balaban J connectivity index is 2.95. The van der Waals surface area contributed by atoms with Crippen molar-refractivity contribution in [2.24, 2.45) is 29.1 Å². The minimum absolute atomic E-state index is 0.633. The summed E-state index contributed by atoms with van der Waals surface area (Å²) in [6, 6.07) is 0. The first-order valence-electron chi connectivity index (χ1n) is 6.43. The molecule has 0 amide bonds. The SMILES string of the molecule is CC(C)[C@H]1CCCC1(C(C)C)C(C)C. The molecule has 0 N–H and O–H groups in total. The summed E-state index contributed by atoms with van der Waals surface area (Å²) in [6.07, 6.45) is 4.39. The molecule has 1 rings (SSSR count). The van der Waals surface area contributed by atoms with Crippen LogP contribution in [0.2, 0.25) is 0 Å². The zero-order chi connectivity index (χ0) is 10.9. The molecule has 84 valence electrons. The van der Waals surface area contributed by atoms with Crippen LogP contribution >= 0.6 is 0 Å². The Kier molecular flexibility index (Phi) is 3.66. The van der Waals surface area contributed by atoms with Crippen molar-refractivity contribution in [1.82, 2.24) is 0 Å². The van der Waals surface area contributed by atoms with E-state index in [4.69, 9.17) is 0 Å². The minimum Gasteiger partial charge on any atom is -0.0625 e. The molecule has 0 bridgehead atoms. The smallest absolute Gasteiger partial charge is 0.0221 e. The predicted octanol–water partition coefficient (Wildman–Crippen LogP) is 4.74. The fourth-order valence-corrected chi connectivity index (χ4v) is 4.14. The highest BCUT2D eigenvalue weighted by molar-refractivity contribution is 4.97. The van der Waals surface area contributed by atoms with Crippen molar-refractivity contribution in [3.63, 3.8) is 0 Å². The highest BCUT2D eigenvalue weighted by Crippen LogP contribution is 2.56. The first kappa shape index (κ1) is 12.1. The molecule has 0 heterocycles. The Morgan fingerprint density at radius 2 is 1.43 bits per heavy atom. The van der Waals surface area contributed by atoms with E-state index in [1.54, 1.807) is 0 Å². The van der Waals surface area contributed by atoms with Crippen molar-refractivity contribution in [3.8, 4) is 0 Å². The van der Waals surface area contributed by atoms with Gasteiger partial charge in [0.25, 0.3) is 0 Å². The van der Waals surface area contributed by atoms with E-state index in [-0.39, 0.29) is 0 Å². The summed E-state index contributed by atoms with van der Waals surface area (Å²) in [5.41, 5.74) is 0.633. The lowest BCUT2D eigenvalue weighted by atomic mass is 9.60. The summed E-state index contributed by atoms with van der Waals surface area (Å²) in [5.74, 6) is 3.51. The van der Waals surface area contributed by atoms with Crippen molar-refractivity contribution >= 4 is 0 Å². The molecule has 0 unspecified atom stereocenters. The standard InChI is InChI=1S/C14H28/c1-10(2)13-8-7-9-14(13,11(3)4)12(5)6/h10-13H,7-9H2,1-6H3/t13-/m1/s1. The van der Waals surface area contributed by atoms with Gasteiger partial charge in [-0.05, 0) is 41.9 Å². The molecule has 1 saturated carbocycles. The van der Waals surface area contributed by atoms with Crippen LogP contribution < -0.4 is 0 Å². The molecule has 1 fully saturated rings. The summed E-state index contributed by atoms with van der Waals surface area (Å²) < 4.78 is 0. The van der Waals surface area contributed by atoms with Gasteiger partial charge < -0.3 is 0 Å². The van der Waals surface area contributed by atoms with E-state index in [9.17, 15) is 0 Å². The maximum Gasteiger partial charge on any atom is -0.0221 e. The molecule has 1 aliphatic carbocycles. The maximum absolute atomic E-state index is 2.43. The van der Waals surface area contributed by atoms with Gasteiger partial charge in [0.1, 0.15) is 0 Å². The average Bonchev–Trinajstić information content (AvgIpc) is 2.47. The molecule has 14 heavy (non-hydrogen) atoms. The van der Waals surface area contributed by atoms with Crippen LogP contribution in [-0.4, -0.2) is 0 Å². The zero-order valence-electron chi connectivity index (χ0n) is 10.9. The van der Waals surface area contributed by atoms with Gasteiger partial charge in [0.2, 0.25) is 0 Å². The van der Waals surface area contributed by atoms with Crippen molar-refractivity contribution < 1.29 is 0 Å². The molecular formula is C14H28. The molecule has 0 spiro atoms. The van der Waals surface area contributed by atoms with Crippen LogP contribution in [0.15, 0.2) is 0 Å². The number of rotatable bonds is 3. The number of hydrogen-bond donors (Lipinski definition) is 0. The lowest BCUT2D eigenvalue weighted by molar-refractivity contribution is 0.0338. The molecule has 0 saturated heterocycles. The second-order valence-electron chi connectivity index (χ2n) is 6.16. The van der Waals surface area contributed by atoms with Gasteiger partial charge in [-0.3, -0.25) is 0 Å². The molecular weight excluding hydrogens is 168 g/mol. The third-order valence-electron chi connectivity index (χ3n) is 4.77. The molecule has 1 atom stereocenters. The van der Waals surface area contributed by atoms with Crippen LogP contribution in [0.1, 0.15) is 60.8 Å². The van der Waals surface area contributed by atoms with Gasteiger partial charge in [-0.15, -0.1) is 0 Å². The van der Waals surface area contributed by atoms with Crippen LogP contribution in [0.3, 0.4) is 0 Å². The van der Waals surface area contributed by atoms with Crippen LogP contribution in [-0.2, 0) is 0 Å². The first-order chi connectivity index (χ1) is 6.43. The van der Waals surface area contributed by atoms with Gasteiger partial charge in [0.05, 0.1) is 0 Å². The lowest BCUT2D eigenvalue weighted by Gasteiger charge is -2.45. The fourth-order valence-electron chi connectivity index (χ4n) is 4.14. The van der Waals surface area contributed by atoms with Crippen molar-refractivity contribution in [2.45, 2.75) is 60.8 Å². The molecule has 0 aromatic heterocycles. The Labute approximate surface area is 90.5 Å². The first-order valence-corrected chi connectivity index (χ1v) is 6.43. The maximum atomic E-state index is 2.43. The number of hydrogen-bond acceptors (Lipinski definition) is 0. The van der Waals surface area contributed by atoms with E-state index < -0.39 is 0 Å². The van der Waals surface area contributed by atoms with E-state index in [0.717, 1.165) is 23.7 Å². The molecule has 0 heteroatoms. The third-order valence-corrected chi connectivity index (χ3v) is 4.77. The van der Waals surface area contributed by atoms with Gasteiger partial charge in [-0.2, -0.15) is 0 Å². The summed E-state index contributed by atoms with van der Waals surface area (Å²) in [4.78, 5) is 0.